The normalized spacial score (nSPS) is 11.6. The molecule has 1 N–H and O–H groups in total. The van der Waals surface area contributed by atoms with E-state index in [9.17, 15) is 12.8 Å². The van der Waals surface area contributed by atoms with Gasteiger partial charge in [-0.3, -0.25) is 0 Å². The number of fused-ring (bicyclic) bond motifs is 1. The molecule has 0 aliphatic carbocycles. The number of nitrogens with zero attached hydrogens (tertiary/aromatic N) is 3. The molecule has 0 aliphatic heterocycles. The Bertz CT molecular complexity index is 1820. The van der Waals surface area contributed by atoms with E-state index in [1.54, 1.807) is 17.4 Å². The zero-order chi connectivity index (χ0) is 30.2. The lowest BCUT2D eigenvalue weighted by Gasteiger charge is -2.12. The van der Waals surface area contributed by atoms with Gasteiger partial charge in [-0.05, 0) is 70.4 Å². The number of thiazole rings is 1. The molecule has 0 spiro atoms. The number of rotatable bonds is 14. The van der Waals surface area contributed by atoms with E-state index in [2.05, 4.69) is 31.2 Å². The molecule has 0 atom stereocenters. The van der Waals surface area contributed by atoms with Crippen LogP contribution in [0.5, 0.6) is 5.75 Å². The fraction of sp³-hybridized carbons (Fsp3) is 0.258. The minimum absolute atomic E-state index is 0.0466. The molecule has 0 bridgehead atoms. The highest BCUT2D eigenvalue weighted by Gasteiger charge is 2.12. The maximum absolute atomic E-state index is 13.5. The molecule has 5 rings (SSSR count). The maximum Gasteiger partial charge on any atom is 0.152 e. The first kappa shape index (κ1) is 31.0. The number of anilines is 2. The minimum Gasteiger partial charge on any atom is -0.488 e. The van der Waals surface area contributed by atoms with Crippen LogP contribution in [0.15, 0.2) is 76.8 Å². The van der Waals surface area contributed by atoms with Crippen molar-refractivity contribution in [2.24, 2.45) is 0 Å². The highest BCUT2D eigenvalue weighted by molar-refractivity contribution is 9.10. The lowest BCUT2D eigenvalue weighted by molar-refractivity contribution is 0.152. The van der Waals surface area contributed by atoms with E-state index in [0.717, 1.165) is 42.9 Å². The summed E-state index contributed by atoms with van der Waals surface area (Å²) in [5.41, 5.74) is 4.10. The summed E-state index contributed by atoms with van der Waals surface area (Å²) in [7, 11) is -3.04. The molecule has 0 amide bonds. The first-order chi connectivity index (χ1) is 20.8. The third kappa shape index (κ3) is 8.56. The van der Waals surface area contributed by atoms with Gasteiger partial charge in [0.05, 0.1) is 39.7 Å². The lowest BCUT2D eigenvalue weighted by atomic mass is 10.1. The Labute approximate surface area is 262 Å². The van der Waals surface area contributed by atoms with Gasteiger partial charge in [-0.1, -0.05) is 25.1 Å². The summed E-state index contributed by atoms with van der Waals surface area (Å²) < 4.78 is 49.3. The maximum atomic E-state index is 13.5. The largest absolute Gasteiger partial charge is 0.488 e. The molecule has 0 saturated carbocycles. The first-order valence-electron chi connectivity index (χ1n) is 13.7. The van der Waals surface area contributed by atoms with Crippen LogP contribution in [0.4, 0.5) is 15.9 Å². The van der Waals surface area contributed by atoms with Crippen molar-refractivity contribution in [2.75, 3.05) is 30.0 Å². The SMILES string of the molecule is CCCS(=O)(=O)CCOCCc1nc(-c2ccc3ncnc(Nc4ccc(OCc5cccc(F)c5)c(Br)c4)c3c2)cs1. The van der Waals surface area contributed by atoms with Crippen LogP contribution in [0.1, 0.15) is 23.9 Å². The van der Waals surface area contributed by atoms with Crippen LogP contribution in [0, 0.1) is 5.82 Å². The van der Waals surface area contributed by atoms with Gasteiger partial charge in [-0.25, -0.2) is 27.8 Å². The fourth-order valence-corrected chi connectivity index (χ4v) is 6.83. The third-order valence-electron chi connectivity index (χ3n) is 6.47. The van der Waals surface area contributed by atoms with Crippen molar-refractivity contribution < 1.29 is 22.3 Å². The van der Waals surface area contributed by atoms with Crippen molar-refractivity contribution in [1.82, 2.24) is 15.0 Å². The van der Waals surface area contributed by atoms with Crippen molar-refractivity contribution in [2.45, 2.75) is 26.4 Å². The monoisotopic (exact) mass is 684 g/mol. The smallest absolute Gasteiger partial charge is 0.152 e. The summed E-state index contributed by atoms with van der Waals surface area (Å²) in [5.74, 6) is 1.22. The lowest BCUT2D eigenvalue weighted by Crippen LogP contribution is -2.16. The Morgan fingerprint density at radius 2 is 1.91 bits per heavy atom. The average molecular weight is 686 g/mol. The van der Waals surface area contributed by atoms with Crippen molar-refractivity contribution in [3.63, 3.8) is 0 Å². The predicted octanol–water partition coefficient (Wildman–Crippen LogP) is 7.36. The molecule has 0 saturated heterocycles. The highest BCUT2D eigenvalue weighted by Crippen LogP contribution is 2.33. The van der Waals surface area contributed by atoms with Crippen LogP contribution in [-0.2, 0) is 27.6 Å². The summed E-state index contributed by atoms with van der Waals surface area (Å²) in [6.45, 7) is 2.71. The Morgan fingerprint density at radius 1 is 1.02 bits per heavy atom. The number of sulfone groups is 1. The molecule has 0 aliphatic rings. The topological polar surface area (TPSA) is 103 Å². The van der Waals surface area contributed by atoms with Crippen molar-refractivity contribution >= 4 is 59.5 Å². The summed E-state index contributed by atoms with van der Waals surface area (Å²) in [6.07, 6.45) is 2.74. The number of hydrogen-bond donors (Lipinski definition) is 1. The summed E-state index contributed by atoms with van der Waals surface area (Å²) in [5, 5.41) is 7.13. The predicted molar refractivity (Wildman–Crippen MR) is 172 cm³/mol. The van der Waals surface area contributed by atoms with Gasteiger partial charge in [0, 0.05) is 34.2 Å². The number of aromatic nitrogens is 3. The molecule has 43 heavy (non-hydrogen) atoms. The van der Waals surface area contributed by atoms with Crippen LogP contribution in [0.2, 0.25) is 0 Å². The van der Waals surface area contributed by atoms with Crippen molar-refractivity contribution in [3.8, 4) is 17.0 Å². The van der Waals surface area contributed by atoms with E-state index in [-0.39, 0.29) is 30.5 Å². The molecular formula is C31H30BrFN4O4S2. The van der Waals surface area contributed by atoms with Crippen molar-refractivity contribution in [3.05, 3.63) is 93.2 Å². The molecule has 8 nitrogen and oxygen atoms in total. The molecule has 224 valence electrons. The molecule has 0 unspecified atom stereocenters. The van der Waals surface area contributed by atoms with Gasteiger partial charge in [0.1, 0.15) is 30.3 Å². The molecular weight excluding hydrogens is 655 g/mol. The van der Waals surface area contributed by atoms with Crippen molar-refractivity contribution in [1.29, 1.82) is 0 Å². The molecule has 3 aromatic carbocycles. The van der Waals surface area contributed by atoms with Gasteiger partial charge in [0.25, 0.3) is 0 Å². The standard InChI is InChI=1S/C31H30BrFN4O4S2/c1-2-13-43(38,39)14-12-40-11-10-30-37-28(19-42-30)22-6-8-27-25(16-22)31(35-20-34-27)36-24-7-9-29(26(32)17-24)41-18-21-4-3-5-23(33)15-21/h3-9,15-17,19-20H,2,10-14,18H2,1H3,(H,34,35,36). The molecule has 5 aromatic rings. The Kier molecular flexibility index (Phi) is 10.3. The second-order valence-corrected chi connectivity index (χ2v) is 13.9. The van der Waals surface area contributed by atoms with Gasteiger partial charge < -0.3 is 14.8 Å². The van der Waals surface area contributed by atoms with E-state index < -0.39 is 9.84 Å². The second-order valence-electron chi connectivity index (χ2n) is 9.78. The van der Waals surface area contributed by atoms with Crippen LogP contribution in [0.3, 0.4) is 0 Å². The molecule has 0 fully saturated rings. The Morgan fingerprint density at radius 3 is 2.72 bits per heavy atom. The van der Waals surface area contributed by atoms with Gasteiger partial charge >= 0.3 is 0 Å². The minimum atomic E-state index is -3.04. The number of hydrogen-bond acceptors (Lipinski definition) is 9. The van der Waals surface area contributed by atoms with Gasteiger partial charge in [-0.15, -0.1) is 11.3 Å². The van der Waals surface area contributed by atoms with E-state index in [4.69, 9.17) is 14.5 Å². The summed E-state index contributed by atoms with van der Waals surface area (Å²) in [6, 6.07) is 17.9. The van der Waals surface area contributed by atoms with Gasteiger partial charge in [0.2, 0.25) is 0 Å². The van der Waals surface area contributed by atoms with E-state index in [0.29, 0.717) is 31.0 Å². The summed E-state index contributed by atoms with van der Waals surface area (Å²) in [4.78, 5) is 13.7. The number of nitrogens with one attached hydrogen (secondary N) is 1. The average Bonchev–Trinajstić information content (AvgIpc) is 3.45. The number of ether oxygens (including phenoxy) is 2. The second kappa shape index (κ2) is 14.3. The van der Waals surface area contributed by atoms with Crippen LogP contribution in [-0.4, -0.2) is 48.1 Å². The number of benzene rings is 3. The highest BCUT2D eigenvalue weighted by atomic mass is 79.9. The summed E-state index contributed by atoms with van der Waals surface area (Å²) >= 11 is 5.11. The van der Waals surface area contributed by atoms with E-state index in [1.807, 2.05) is 54.8 Å². The third-order valence-corrected chi connectivity index (χ3v) is 9.82. The first-order valence-corrected chi connectivity index (χ1v) is 17.2. The Hall–Kier alpha value is -3.45. The molecule has 2 aromatic heterocycles. The van der Waals surface area contributed by atoms with Crippen LogP contribution >= 0.6 is 27.3 Å². The molecule has 0 radical (unpaired) electrons. The van der Waals surface area contributed by atoms with Gasteiger partial charge in [0.15, 0.2) is 9.84 Å². The fourth-order valence-electron chi connectivity index (χ4n) is 4.35. The van der Waals surface area contributed by atoms with Gasteiger partial charge in [-0.2, -0.15) is 0 Å². The van der Waals surface area contributed by atoms with E-state index >= 15 is 0 Å². The molecule has 12 heteroatoms. The quantitative estimate of drug-likeness (QED) is 0.121. The van der Waals surface area contributed by atoms with Crippen LogP contribution < -0.4 is 10.1 Å². The zero-order valence-electron chi connectivity index (χ0n) is 23.4. The molecule has 2 heterocycles. The van der Waals surface area contributed by atoms with Crippen LogP contribution in [0.25, 0.3) is 22.2 Å². The van der Waals surface area contributed by atoms with E-state index in [1.165, 1.54) is 18.5 Å². The number of halogens is 2. The Balaban J connectivity index is 1.23. The zero-order valence-corrected chi connectivity index (χ0v) is 26.6.